The number of aromatic nitrogens is 2. The molecule has 0 bridgehead atoms. The lowest BCUT2D eigenvalue weighted by Gasteiger charge is -2.35. The summed E-state index contributed by atoms with van der Waals surface area (Å²) in [5.74, 6) is 0.728. The van der Waals surface area contributed by atoms with Gasteiger partial charge in [-0.25, -0.2) is 0 Å². The smallest absolute Gasteiger partial charge is 0.0638 e. The third-order valence-corrected chi connectivity index (χ3v) is 3.78. The van der Waals surface area contributed by atoms with Crippen molar-refractivity contribution >= 4 is 0 Å². The summed E-state index contributed by atoms with van der Waals surface area (Å²) in [7, 11) is 4.19. The Kier molecular flexibility index (Phi) is 3.84. The number of likely N-dealkylation sites (tertiary alicyclic amines) is 1. The maximum atomic E-state index is 4.37. The van der Waals surface area contributed by atoms with Crippen LogP contribution in [0.15, 0.2) is 6.20 Å². The van der Waals surface area contributed by atoms with E-state index in [0.29, 0.717) is 6.04 Å². The molecule has 4 heteroatoms. The monoisotopic (exact) mass is 236 g/mol. The molecule has 96 valence electrons. The van der Waals surface area contributed by atoms with E-state index >= 15 is 0 Å². The first-order chi connectivity index (χ1) is 8.06. The lowest BCUT2D eigenvalue weighted by molar-refractivity contribution is 0.174. The van der Waals surface area contributed by atoms with Crippen molar-refractivity contribution in [1.29, 1.82) is 0 Å². The van der Waals surface area contributed by atoms with E-state index in [2.05, 4.69) is 42.4 Å². The van der Waals surface area contributed by atoms with Crippen LogP contribution in [-0.2, 0) is 13.6 Å². The molecule has 0 aromatic carbocycles. The van der Waals surface area contributed by atoms with Gasteiger partial charge in [-0.3, -0.25) is 4.68 Å². The van der Waals surface area contributed by atoms with Crippen LogP contribution in [0, 0.1) is 12.8 Å². The molecule has 0 spiro atoms. The molecular weight excluding hydrogens is 212 g/mol. The number of hydrogen-bond acceptors (Lipinski definition) is 3. The number of rotatable bonds is 3. The van der Waals surface area contributed by atoms with Crippen molar-refractivity contribution in [3.63, 3.8) is 0 Å². The lowest BCUT2D eigenvalue weighted by atomic mass is 9.94. The number of aryl methyl sites for hydroxylation is 2. The van der Waals surface area contributed by atoms with Gasteiger partial charge < -0.3 is 10.2 Å². The summed E-state index contributed by atoms with van der Waals surface area (Å²) in [4.78, 5) is 2.41. The Morgan fingerprint density at radius 3 is 2.82 bits per heavy atom. The van der Waals surface area contributed by atoms with Crippen molar-refractivity contribution in [1.82, 2.24) is 20.0 Å². The molecule has 1 N–H and O–H groups in total. The highest BCUT2D eigenvalue weighted by atomic mass is 15.3. The van der Waals surface area contributed by atoms with Crippen LogP contribution >= 0.6 is 0 Å². The van der Waals surface area contributed by atoms with E-state index in [0.717, 1.165) is 18.2 Å². The number of nitrogens with zero attached hydrogens (tertiary/aromatic N) is 3. The van der Waals surface area contributed by atoms with Crippen LogP contribution in [0.1, 0.15) is 24.6 Å². The first-order valence-electron chi connectivity index (χ1n) is 6.47. The van der Waals surface area contributed by atoms with Crippen LogP contribution in [0.25, 0.3) is 0 Å². The van der Waals surface area contributed by atoms with Crippen molar-refractivity contribution in [2.24, 2.45) is 13.0 Å². The van der Waals surface area contributed by atoms with Gasteiger partial charge in [-0.15, -0.1) is 0 Å². The van der Waals surface area contributed by atoms with E-state index < -0.39 is 0 Å². The van der Waals surface area contributed by atoms with Gasteiger partial charge in [-0.1, -0.05) is 6.92 Å². The summed E-state index contributed by atoms with van der Waals surface area (Å²) < 4.78 is 1.89. The predicted molar refractivity (Wildman–Crippen MR) is 69.9 cm³/mol. The van der Waals surface area contributed by atoms with Crippen molar-refractivity contribution < 1.29 is 0 Å². The Labute approximate surface area is 104 Å². The average molecular weight is 236 g/mol. The van der Waals surface area contributed by atoms with Gasteiger partial charge in [-0.2, -0.15) is 5.10 Å². The second-order valence-electron chi connectivity index (χ2n) is 5.43. The molecular formula is C13H24N4. The predicted octanol–water partition coefficient (Wildman–Crippen LogP) is 1.16. The van der Waals surface area contributed by atoms with E-state index in [9.17, 15) is 0 Å². The third kappa shape index (κ3) is 3.07. The third-order valence-electron chi connectivity index (χ3n) is 3.78. The van der Waals surface area contributed by atoms with Gasteiger partial charge in [0, 0.05) is 37.9 Å². The van der Waals surface area contributed by atoms with Gasteiger partial charge in [0.25, 0.3) is 0 Å². The van der Waals surface area contributed by atoms with Crippen molar-refractivity contribution in [3.05, 3.63) is 17.5 Å². The quantitative estimate of drug-likeness (QED) is 0.855. The molecule has 2 atom stereocenters. The summed E-state index contributed by atoms with van der Waals surface area (Å²) in [5.41, 5.74) is 2.46. The van der Waals surface area contributed by atoms with E-state index in [4.69, 9.17) is 0 Å². The highest BCUT2D eigenvalue weighted by molar-refractivity contribution is 5.15. The average Bonchev–Trinajstić information content (AvgIpc) is 2.56. The molecule has 0 amide bonds. The molecule has 0 saturated carbocycles. The molecule has 1 aliphatic heterocycles. The number of hydrogen-bond donors (Lipinski definition) is 1. The molecule has 2 rings (SSSR count). The molecule has 17 heavy (non-hydrogen) atoms. The second-order valence-corrected chi connectivity index (χ2v) is 5.43. The normalized spacial score (nSPS) is 26.4. The zero-order valence-electron chi connectivity index (χ0n) is 11.4. The molecule has 1 saturated heterocycles. The Morgan fingerprint density at radius 1 is 1.47 bits per heavy atom. The highest BCUT2D eigenvalue weighted by Gasteiger charge is 2.23. The zero-order valence-corrected chi connectivity index (χ0v) is 11.4. The molecule has 1 aromatic rings. The van der Waals surface area contributed by atoms with Crippen LogP contribution in [-0.4, -0.2) is 40.9 Å². The van der Waals surface area contributed by atoms with Gasteiger partial charge >= 0.3 is 0 Å². The Balaban J connectivity index is 1.88. The Hall–Kier alpha value is -0.870. The highest BCUT2D eigenvalue weighted by Crippen LogP contribution is 2.16. The van der Waals surface area contributed by atoms with Crippen LogP contribution in [0.4, 0.5) is 0 Å². The Morgan fingerprint density at radius 2 is 2.24 bits per heavy atom. The van der Waals surface area contributed by atoms with Gasteiger partial charge in [0.15, 0.2) is 0 Å². The maximum absolute atomic E-state index is 4.37. The van der Waals surface area contributed by atoms with Crippen LogP contribution in [0.5, 0.6) is 0 Å². The summed E-state index contributed by atoms with van der Waals surface area (Å²) >= 11 is 0. The van der Waals surface area contributed by atoms with Gasteiger partial charge in [0.1, 0.15) is 0 Å². The van der Waals surface area contributed by atoms with Crippen molar-refractivity contribution in [2.45, 2.75) is 32.9 Å². The van der Waals surface area contributed by atoms with Gasteiger partial charge in [-0.05, 0) is 32.9 Å². The maximum Gasteiger partial charge on any atom is 0.0638 e. The van der Waals surface area contributed by atoms with E-state index in [1.165, 1.54) is 25.1 Å². The zero-order chi connectivity index (χ0) is 12.4. The SMILES string of the molecule is Cc1nn(C)cc1CNC1CCN(C)CC1C. The minimum atomic E-state index is 0.644. The molecule has 1 aromatic heterocycles. The fourth-order valence-electron chi connectivity index (χ4n) is 2.72. The Bertz CT molecular complexity index is 371. The van der Waals surface area contributed by atoms with Crippen LogP contribution in [0.3, 0.4) is 0 Å². The summed E-state index contributed by atoms with van der Waals surface area (Å²) in [6, 6.07) is 0.644. The van der Waals surface area contributed by atoms with E-state index in [1.807, 2.05) is 11.7 Å². The van der Waals surface area contributed by atoms with E-state index in [-0.39, 0.29) is 0 Å². The molecule has 4 nitrogen and oxygen atoms in total. The fourth-order valence-corrected chi connectivity index (χ4v) is 2.72. The molecule has 2 unspecified atom stereocenters. The van der Waals surface area contributed by atoms with Gasteiger partial charge in [0.05, 0.1) is 5.69 Å². The minimum absolute atomic E-state index is 0.644. The van der Waals surface area contributed by atoms with Crippen molar-refractivity contribution in [3.8, 4) is 0 Å². The molecule has 0 radical (unpaired) electrons. The molecule has 0 aliphatic carbocycles. The molecule has 2 heterocycles. The summed E-state index contributed by atoms with van der Waals surface area (Å²) in [6.07, 6.45) is 3.36. The molecule has 1 aliphatic rings. The summed E-state index contributed by atoms with van der Waals surface area (Å²) in [6.45, 7) is 7.76. The van der Waals surface area contributed by atoms with Gasteiger partial charge in [0.2, 0.25) is 0 Å². The largest absolute Gasteiger partial charge is 0.309 e. The first kappa shape index (κ1) is 12.6. The van der Waals surface area contributed by atoms with Crippen LogP contribution in [0.2, 0.25) is 0 Å². The number of nitrogens with one attached hydrogen (secondary N) is 1. The van der Waals surface area contributed by atoms with Crippen LogP contribution < -0.4 is 5.32 Å². The lowest BCUT2D eigenvalue weighted by Crippen LogP contribution is -2.46. The topological polar surface area (TPSA) is 33.1 Å². The van der Waals surface area contributed by atoms with E-state index in [1.54, 1.807) is 0 Å². The first-order valence-corrected chi connectivity index (χ1v) is 6.47. The fraction of sp³-hybridized carbons (Fsp3) is 0.769. The molecule has 1 fully saturated rings. The van der Waals surface area contributed by atoms with Crippen molar-refractivity contribution in [2.75, 3.05) is 20.1 Å². The second kappa shape index (κ2) is 5.19. The standard InChI is InChI=1S/C13H24N4/c1-10-8-16(3)6-5-13(10)14-7-12-9-17(4)15-11(12)2/h9-10,13-14H,5-8H2,1-4H3. The minimum Gasteiger partial charge on any atom is -0.309 e. The summed E-state index contributed by atoms with van der Waals surface area (Å²) in [5, 5.41) is 8.06. The number of piperidine rings is 1.